The van der Waals surface area contributed by atoms with Crippen molar-refractivity contribution in [3.8, 4) is 0 Å². The third kappa shape index (κ3) is 4.02. The zero-order valence-electron chi connectivity index (χ0n) is 12.7. The Morgan fingerprint density at radius 1 is 0.545 bits per heavy atom. The maximum absolute atomic E-state index is 2.26. The van der Waals surface area contributed by atoms with E-state index in [1.807, 2.05) is 0 Å². The van der Waals surface area contributed by atoms with Gasteiger partial charge in [-0.3, -0.25) is 0 Å². The van der Waals surface area contributed by atoms with Crippen LogP contribution in [0.4, 0.5) is 0 Å². The van der Waals surface area contributed by atoms with Gasteiger partial charge < -0.3 is 0 Å². The first-order valence-corrected chi connectivity index (χ1v) is 9.18. The summed E-state index contributed by atoms with van der Waals surface area (Å²) in [6.45, 7) is 0. The summed E-state index contributed by atoms with van der Waals surface area (Å²) in [5.74, 6) is 1.21. The summed E-state index contributed by atoms with van der Waals surface area (Å²) in [7, 11) is 0.175. The summed E-state index contributed by atoms with van der Waals surface area (Å²) in [6, 6.07) is 32.6. The number of hydrogen-bond donors (Lipinski definition) is 0. The number of rotatable bonds is 6. The van der Waals surface area contributed by atoms with Crippen molar-refractivity contribution in [1.82, 2.24) is 0 Å². The van der Waals surface area contributed by atoms with Gasteiger partial charge in [-0.25, -0.2) is 0 Å². The van der Waals surface area contributed by atoms with Crippen LogP contribution in [-0.2, 0) is 17.3 Å². The van der Waals surface area contributed by atoms with E-state index in [0.29, 0.717) is 0 Å². The molecule has 0 fully saturated rings. The van der Waals surface area contributed by atoms with Crippen LogP contribution in [0.25, 0.3) is 0 Å². The maximum Gasteiger partial charge on any atom is 0.160 e. The van der Waals surface area contributed by atoms with E-state index in [2.05, 4.69) is 91.0 Å². The highest BCUT2D eigenvalue weighted by Gasteiger charge is 2.24. The molecule has 0 heterocycles. The fourth-order valence-electron chi connectivity index (χ4n) is 2.61. The fourth-order valence-corrected chi connectivity index (χ4v) is 4.75. The van der Waals surface area contributed by atoms with Crippen molar-refractivity contribution >= 4 is 10.9 Å². The lowest BCUT2D eigenvalue weighted by Crippen LogP contribution is -2.09. The van der Waals surface area contributed by atoms with E-state index < -0.39 is 0 Å². The molecular weight excluding hydrogens is 284 g/mol. The van der Waals surface area contributed by atoms with E-state index in [0.717, 1.165) is 6.42 Å². The average molecular weight is 305 g/mol. The third-order valence-electron chi connectivity index (χ3n) is 3.71. The molecule has 0 atom stereocenters. The van der Waals surface area contributed by atoms with Gasteiger partial charge in [0.05, 0.1) is 10.9 Å². The second-order valence-corrected chi connectivity index (χ2v) is 7.44. The summed E-state index contributed by atoms with van der Waals surface area (Å²) in [6.07, 6.45) is 2.38. The zero-order chi connectivity index (χ0) is 15.0. The minimum atomic E-state index is 0.175. The minimum Gasteiger partial charge on any atom is -0.0622 e. The van der Waals surface area contributed by atoms with Crippen LogP contribution in [0.5, 0.6) is 0 Å². The Morgan fingerprint density at radius 2 is 1.00 bits per heavy atom. The Morgan fingerprint density at radius 3 is 1.50 bits per heavy atom. The van der Waals surface area contributed by atoms with Gasteiger partial charge in [0.15, 0.2) is 9.79 Å². The third-order valence-corrected chi connectivity index (χ3v) is 6.09. The molecule has 0 amide bonds. The Balaban J connectivity index is 1.72. The van der Waals surface area contributed by atoms with Crippen molar-refractivity contribution in [2.45, 2.75) is 22.6 Å². The zero-order valence-corrected chi connectivity index (χ0v) is 13.5. The smallest absolute Gasteiger partial charge is 0.0622 e. The van der Waals surface area contributed by atoms with Crippen LogP contribution in [0.2, 0.25) is 0 Å². The molecule has 0 unspecified atom stereocenters. The Bertz CT molecular complexity index is 623. The molecular formula is C21H21S+. The van der Waals surface area contributed by atoms with Crippen LogP contribution in [0.3, 0.4) is 0 Å². The SMILES string of the molecule is c1ccc(CCC[S+](c2ccccc2)c2ccccc2)cc1. The van der Waals surface area contributed by atoms with Crippen LogP contribution in [-0.4, -0.2) is 5.75 Å². The predicted molar refractivity (Wildman–Crippen MR) is 96.4 cm³/mol. The molecule has 0 saturated carbocycles. The highest BCUT2D eigenvalue weighted by atomic mass is 32.2. The van der Waals surface area contributed by atoms with Crippen molar-refractivity contribution < 1.29 is 0 Å². The monoisotopic (exact) mass is 305 g/mol. The van der Waals surface area contributed by atoms with Gasteiger partial charge in [0.2, 0.25) is 0 Å². The topological polar surface area (TPSA) is 0 Å². The molecule has 3 rings (SSSR count). The Kier molecular flexibility index (Phi) is 5.33. The summed E-state index contributed by atoms with van der Waals surface area (Å²) in [5, 5.41) is 0. The van der Waals surface area contributed by atoms with Crippen molar-refractivity contribution in [1.29, 1.82) is 0 Å². The van der Waals surface area contributed by atoms with Crippen molar-refractivity contribution in [2.24, 2.45) is 0 Å². The van der Waals surface area contributed by atoms with Crippen molar-refractivity contribution in [2.75, 3.05) is 5.75 Å². The number of hydrogen-bond acceptors (Lipinski definition) is 0. The van der Waals surface area contributed by atoms with Crippen LogP contribution in [0.1, 0.15) is 12.0 Å². The van der Waals surface area contributed by atoms with Crippen LogP contribution < -0.4 is 0 Å². The van der Waals surface area contributed by atoms with Gasteiger partial charge in [0.25, 0.3) is 0 Å². The van der Waals surface area contributed by atoms with Gasteiger partial charge in [-0.1, -0.05) is 66.7 Å². The largest absolute Gasteiger partial charge is 0.160 e. The second-order valence-electron chi connectivity index (χ2n) is 5.31. The number of benzene rings is 3. The summed E-state index contributed by atoms with van der Waals surface area (Å²) >= 11 is 0. The number of aryl methyl sites for hydroxylation is 1. The van der Waals surface area contributed by atoms with Gasteiger partial charge in [-0.15, -0.1) is 0 Å². The lowest BCUT2D eigenvalue weighted by Gasteiger charge is -2.08. The second kappa shape index (κ2) is 7.86. The molecule has 3 aromatic carbocycles. The summed E-state index contributed by atoms with van der Waals surface area (Å²) in [5.41, 5.74) is 1.44. The molecule has 0 bridgehead atoms. The molecule has 0 nitrogen and oxygen atoms in total. The van der Waals surface area contributed by atoms with E-state index in [4.69, 9.17) is 0 Å². The lowest BCUT2D eigenvalue weighted by molar-refractivity contribution is 0.927. The molecule has 0 spiro atoms. The fraction of sp³-hybridized carbons (Fsp3) is 0.143. The van der Waals surface area contributed by atoms with Gasteiger partial charge in [0.1, 0.15) is 5.75 Å². The van der Waals surface area contributed by atoms with Gasteiger partial charge in [0, 0.05) is 0 Å². The normalized spacial score (nSPS) is 10.8. The minimum absolute atomic E-state index is 0.175. The molecule has 1 heteroatoms. The van der Waals surface area contributed by atoms with Gasteiger partial charge in [-0.05, 0) is 42.7 Å². The first kappa shape index (κ1) is 14.9. The van der Waals surface area contributed by atoms with Crippen molar-refractivity contribution in [3.05, 3.63) is 96.6 Å². The summed E-state index contributed by atoms with van der Waals surface area (Å²) in [4.78, 5) is 2.89. The van der Waals surface area contributed by atoms with E-state index in [-0.39, 0.29) is 10.9 Å². The molecule has 0 aliphatic carbocycles. The quantitative estimate of drug-likeness (QED) is 0.538. The first-order valence-electron chi connectivity index (χ1n) is 7.78. The van der Waals surface area contributed by atoms with E-state index in [1.165, 1.54) is 27.5 Å². The van der Waals surface area contributed by atoms with Gasteiger partial charge in [-0.2, -0.15) is 0 Å². The molecule has 22 heavy (non-hydrogen) atoms. The van der Waals surface area contributed by atoms with Crippen LogP contribution in [0, 0.1) is 0 Å². The van der Waals surface area contributed by atoms with Crippen LogP contribution >= 0.6 is 0 Å². The van der Waals surface area contributed by atoms with E-state index >= 15 is 0 Å². The Hall–Kier alpha value is -1.99. The highest BCUT2D eigenvalue weighted by Crippen LogP contribution is 2.24. The van der Waals surface area contributed by atoms with Gasteiger partial charge >= 0.3 is 0 Å². The molecule has 3 aromatic rings. The summed E-state index contributed by atoms with van der Waals surface area (Å²) < 4.78 is 0. The van der Waals surface area contributed by atoms with E-state index in [1.54, 1.807) is 0 Å². The molecule has 0 saturated heterocycles. The Labute approximate surface area is 136 Å². The predicted octanol–water partition coefficient (Wildman–Crippen LogP) is 5.36. The highest BCUT2D eigenvalue weighted by molar-refractivity contribution is 7.97. The first-order chi connectivity index (χ1) is 10.9. The van der Waals surface area contributed by atoms with Crippen molar-refractivity contribution in [3.63, 3.8) is 0 Å². The maximum atomic E-state index is 2.26. The molecule has 0 radical (unpaired) electrons. The van der Waals surface area contributed by atoms with E-state index in [9.17, 15) is 0 Å². The molecule has 0 N–H and O–H groups in total. The molecule has 110 valence electrons. The van der Waals surface area contributed by atoms with Crippen LogP contribution in [0.15, 0.2) is 101 Å². The molecule has 0 aliphatic heterocycles. The molecule has 0 aromatic heterocycles. The average Bonchev–Trinajstić information content (AvgIpc) is 2.61. The molecule has 0 aliphatic rings. The lowest BCUT2D eigenvalue weighted by atomic mass is 10.1. The standard InChI is InChI=1S/C21H21S/c1-4-11-19(12-5-1)13-10-18-22(20-14-6-2-7-15-20)21-16-8-3-9-17-21/h1-9,11-12,14-17H,10,13,18H2/q+1.